The lowest BCUT2D eigenvalue weighted by molar-refractivity contribution is 0.259. The molecule has 0 fully saturated rings. The number of nitrogens with zero attached hydrogens (tertiary/aromatic N) is 1. The van der Waals surface area contributed by atoms with Gasteiger partial charge >= 0.3 is 0 Å². The molecule has 1 aromatic carbocycles. The molecule has 2 heterocycles. The van der Waals surface area contributed by atoms with E-state index in [-0.39, 0.29) is 6.04 Å². The summed E-state index contributed by atoms with van der Waals surface area (Å²) in [5, 5.41) is 0. The van der Waals surface area contributed by atoms with Crippen molar-refractivity contribution in [2.24, 2.45) is 5.73 Å². The molecule has 3 nitrogen and oxygen atoms in total. The van der Waals surface area contributed by atoms with Crippen molar-refractivity contribution in [3.8, 4) is 5.75 Å². The Morgan fingerprint density at radius 1 is 1.33 bits per heavy atom. The first-order valence-corrected chi connectivity index (χ1v) is 7.69. The summed E-state index contributed by atoms with van der Waals surface area (Å²) in [5.41, 5.74) is 10.3. The second-order valence-corrected chi connectivity index (χ2v) is 5.64. The average molecular weight is 282 g/mol. The fourth-order valence-electron chi connectivity index (χ4n) is 3.19. The van der Waals surface area contributed by atoms with E-state index in [0.717, 1.165) is 31.6 Å². The largest absolute Gasteiger partial charge is 0.493 e. The molecule has 110 valence electrons. The van der Waals surface area contributed by atoms with Crippen LogP contribution in [0.2, 0.25) is 0 Å². The van der Waals surface area contributed by atoms with Gasteiger partial charge in [0.2, 0.25) is 0 Å². The topological polar surface area (TPSA) is 48.1 Å². The molecule has 2 atom stereocenters. The molecule has 2 N–H and O–H groups in total. The first-order valence-electron chi connectivity index (χ1n) is 7.69. The zero-order valence-corrected chi connectivity index (χ0v) is 12.5. The Labute approximate surface area is 126 Å². The highest BCUT2D eigenvalue weighted by Crippen LogP contribution is 2.38. The molecule has 21 heavy (non-hydrogen) atoms. The Hall–Kier alpha value is -1.87. The van der Waals surface area contributed by atoms with E-state index >= 15 is 0 Å². The van der Waals surface area contributed by atoms with Gasteiger partial charge in [-0.25, -0.2) is 0 Å². The molecule has 1 aliphatic heterocycles. The Morgan fingerprint density at radius 3 is 3.05 bits per heavy atom. The van der Waals surface area contributed by atoms with Crippen molar-refractivity contribution in [3.63, 3.8) is 0 Å². The van der Waals surface area contributed by atoms with E-state index in [1.807, 2.05) is 18.5 Å². The molecular weight excluding hydrogens is 260 g/mol. The van der Waals surface area contributed by atoms with Crippen molar-refractivity contribution in [3.05, 3.63) is 59.4 Å². The van der Waals surface area contributed by atoms with Gasteiger partial charge in [-0.3, -0.25) is 4.98 Å². The van der Waals surface area contributed by atoms with Crippen LogP contribution in [-0.2, 0) is 6.42 Å². The maximum Gasteiger partial charge on any atom is 0.122 e. The summed E-state index contributed by atoms with van der Waals surface area (Å²) in [6, 6.07) is 10.4. The molecule has 0 saturated heterocycles. The summed E-state index contributed by atoms with van der Waals surface area (Å²) in [4.78, 5) is 4.21. The van der Waals surface area contributed by atoms with E-state index < -0.39 is 0 Å². The van der Waals surface area contributed by atoms with E-state index in [9.17, 15) is 0 Å². The van der Waals surface area contributed by atoms with Crippen molar-refractivity contribution in [1.82, 2.24) is 4.98 Å². The number of hydrogen-bond acceptors (Lipinski definition) is 3. The summed E-state index contributed by atoms with van der Waals surface area (Å²) in [7, 11) is 0. The van der Waals surface area contributed by atoms with Crippen molar-refractivity contribution in [2.75, 3.05) is 6.61 Å². The summed E-state index contributed by atoms with van der Waals surface area (Å²) in [6.45, 7) is 2.93. The molecule has 0 saturated carbocycles. The van der Waals surface area contributed by atoms with Crippen molar-refractivity contribution >= 4 is 0 Å². The second-order valence-electron chi connectivity index (χ2n) is 5.64. The quantitative estimate of drug-likeness (QED) is 0.932. The van der Waals surface area contributed by atoms with Gasteiger partial charge < -0.3 is 10.5 Å². The molecule has 3 heteroatoms. The van der Waals surface area contributed by atoms with Gasteiger partial charge in [0.1, 0.15) is 5.75 Å². The molecule has 0 radical (unpaired) electrons. The third-order valence-electron chi connectivity index (χ3n) is 4.34. The van der Waals surface area contributed by atoms with Crippen LogP contribution in [0.4, 0.5) is 0 Å². The molecular formula is C18H22N2O. The zero-order chi connectivity index (χ0) is 14.7. The van der Waals surface area contributed by atoms with Gasteiger partial charge in [0.25, 0.3) is 0 Å². The van der Waals surface area contributed by atoms with Crippen LogP contribution in [0.1, 0.15) is 48.4 Å². The normalized spacial score (nSPS) is 18.7. The van der Waals surface area contributed by atoms with Gasteiger partial charge in [0, 0.05) is 18.4 Å². The van der Waals surface area contributed by atoms with Crippen molar-refractivity contribution < 1.29 is 4.74 Å². The molecule has 2 aromatic rings. The van der Waals surface area contributed by atoms with Crippen LogP contribution in [0.3, 0.4) is 0 Å². The maximum atomic E-state index is 6.49. The van der Waals surface area contributed by atoms with E-state index in [2.05, 4.69) is 36.2 Å². The SMILES string of the molecule is CCc1cnccc1C(N)CC1CCOc2ccccc21. The van der Waals surface area contributed by atoms with E-state index in [4.69, 9.17) is 10.5 Å². The number of hydrogen-bond donors (Lipinski definition) is 1. The predicted molar refractivity (Wildman–Crippen MR) is 84.5 cm³/mol. The van der Waals surface area contributed by atoms with Crippen LogP contribution in [0.15, 0.2) is 42.7 Å². The standard InChI is InChI=1S/C18H22N2O/c1-2-13-12-20-9-7-15(13)17(19)11-14-8-10-21-18-6-4-3-5-16(14)18/h3-7,9,12,14,17H,2,8,10-11,19H2,1H3. The Balaban J connectivity index is 1.81. The van der Waals surface area contributed by atoms with Gasteiger partial charge in [-0.05, 0) is 54.0 Å². The second kappa shape index (κ2) is 6.27. The predicted octanol–water partition coefficient (Wildman–Crippen LogP) is 3.60. The number of para-hydroxylation sites is 1. The summed E-state index contributed by atoms with van der Waals surface area (Å²) in [5.74, 6) is 1.49. The lowest BCUT2D eigenvalue weighted by atomic mass is 9.85. The molecule has 0 amide bonds. The minimum atomic E-state index is 0.0547. The number of pyridine rings is 1. The third-order valence-corrected chi connectivity index (χ3v) is 4.34. The minimum absolute atomic E-state index is 0.0547. The fourth-order valence-corrected chi connectivity index (χ4v) is 3.19. The van der Waals surface area contributed by atoms with Crippen LogP contribution >= 0.6 is 0 Å². The first-order chi connectivity index (χ1) is 10.3. The first kappa shape index (κ1) is 14.1. The number of aromatic nitrogens is 1. The zero-order valence-electron chi connectivity index (χ0n) is 12.5. The summed E-state index contributed by atoms with van der Waals surface area (Å²) < 4.78 is 5.74. The number of ether oxygens (including phenoxy) is 1. The molecule has 3 rings (SSSR count). The van der Waals surface area contributed by atoms with E-state index in [0.29, 0.717) is 5.92 Å². The minimum Gasteiger partial charge on any atom is -0.493 e. The van der Waals surface area contributed by atoms with Crippen LogP contribution in [-0.4, -0.2) is 11.6 Å². The van der Waals surface area contributed by atoms with Crippen LogP contribution < -0.4 is 10.5 Å². The molecule has 2 unspecified atom stereocenters. The lowest BCUT2D eigenvalue weighted by Gasteiger charge is -2.28. The van der Waals surface area contributed by atoms with Crippen molar-refractivity contribution in [2.45, 2.75) is 38.1 Å². The average Bonchev–Trinajstić information content (AvgIpc) is 2.55. The maximum absolute atomic E-state index is 6.49. The highest BCUT2D eigenvalue weighted by molar-refractivity contribution is 5.38. The number of aryl methyl sites for hydroxylation is 1. The highest BCUT2D eigenvalue weighted by atomic mass is 16.5. The number of rotatable bonds is 4. The summed E-state index contributed by atoms with van der Waals surface area (Å²) >= 11 is 0. The molecule has 0 bridgehead atoms. The Bertz CT molecular complexity index is 612. The summed E-state index contributed by atoms with van der Waals surface area (Å²) in [6.07, 6.45) is 6.75. The van der Waals surface area contributed by atoms with E-state index in [1.54, 1.807) is 0 Å². The lowest BCUT2D eigenvalue weighted by Crippen LogP contribution is -2.21. The monoisotopic (exact) mass is 282 g/mol. The van der Waals surface area contributed by atoms with Gasteiger partial charge in [-0.1, -0.05) is 25.1 Å². The van der Waals surface area contributed by atoms with Crippen LogP contribution in [0.25, 0.3) is 0 Å². The number of fused-ring (bicyclic) bond motifs is 1. The third kappa shape index (κ3) is 2.93. The molecule has 0 aliphatic carbocycles. The number of nitrogens with two attached hydrogens (primary N) is 1. The van der Waals surface area contributed by atoms with Crippen LogP contribution in [0, 0.1) is 0 Å². The highest BCUT2D eigenvalue weighted by Gasteiger charge is 2.24. The van der Waals surface area contributed by atoms with E-state index in [1.165, 1.54) is 16.7 Å². The molecule has 1 aliphatic rings. The molecule has 1 aromatic heterocycles. The van der Waals surface area contributed by atoms with Gasteiger partial charge in [-0.15, -0.1) is 0 Å². The van der Waals surface area contributed by atoms with Crippen molar-refractivity contribution in [1.29, 1.82) is 0 Å². The smallest absolute Gasteiger partial charge is 0.122 e. The van der Waals surface area contributed by atoms with Gasteiger partial charge in [-0.2, -0.15) is 0 Å². The fraction of sp³-hybridized carbons (Fsp3) is 0.389. The Morgan fingerprint density at radius 2 is 2.19 bits per heavy atom. The van der Waals surface area contributed by atoms with Gasteiger partial charge in [0.15, 0.2) is 0 Å². The Kier molecular flexibility index (Phi) is 4.20. The van der Waals surface area contributed by atoms with Crippen LogP contribution in [0.5, 0.6) is 5.75 Å². The molecule has 0 spiro atoms. The van der Waals surface area contributed by atoms with Gasteiger partial charge in [0.05, 0.1) is 6.61 Å². The number of benzene rings is 1.